The number of phenolic OH excluding ortho intramolecular Hbond substituents is 1. The maximum absolute atomic E-state index is 16.5. The zero-order valence-electron chi connectivity index (χ0n) is 24.9. The lowest BCUT2D eigenvalue weighted by atomic mass is 9.94. The van der Waals surface area contributed by atoms with E-state index in [9.17, 15) is 9.50 Å². The van der Waals surface area contributed by atoms with Crippen molar-refractivity contribution in [1.29, 1.82) is 0 Å². The van der Waals surface area contributed by atoms with Gasteiger partial charge in [0.05, 0.1) is 23.2 Å². The van der Waals surface area contributed by atoms with Crippen LogP contribution in [0.5, 0.6) is 17.6 Å². The van der Waals surface area contributed by atoms with Crippen LogP contribution >= 0.6 is 0 Å². The molecule has 0 bridgehead atoms. The molecule has 2 aromatic carbocycles. The summed E-state index contributed by atoms with van der Waals surface area (Å²) in [7, 11) is 0. The van der Waals surface area contributed by atoms with Crippen LogP contribution in [0.4, 0.5) is 8.78 Å². The summed E-state index contributed by atoms with van der Waals surface area (Å²) in [5.41, 5.74) is 1.46. The molecule has 2 fully saturated rings. The standard InChI is InChI=1S/C30H30F2N4O3.C3H8O/c1-2-19-21(31)8-7-17-14-18(37)15-20(23(17)19)26-25(32)27-24-22(33-26)6-3-13-38-28(24)35-29(34-27)39-16-30-9-4-11-36(30)12-5-10-30;1-3(2)4/h7-8,14-15,37H,2-6,9-13,16H2,1H3;3-4H,1-2H3. The molecule has 2 saturated heterocycles. The minimum Gasteiger partial charge on any atom is -0.508 e. The van der Waals surface area contributed by atoms with Crippen molar-refractivity contribution in [3.05, 3.63) is 47.2 Å². The number of aromatic hydroxyl groups is 1. The fourth-order valence-electron chi connectivity index (χ4n) is 6.82. The minimum absolute atomic E-state index is 0.0124. The first-order valence-corrected chi connectivity index (χ1v) is 15.2. The van der Waals surface area contributed by atoms with Gasteiger partial charge in [-0.1, -0.05) is 13.0 Å². The zero-order chi connectivity index (χ0) is 30.3. The summed E-state index contributed by atoms with van der Waals surface area (Å²) in [5.74, 6) is -0.829. The molecule has 7 rings (SSSR count). The third-order valence-electron chi connectivity index (χ3n) is 8.65. The maximum Gasteiger partial charge on any atom is 0.320 e. The molecule has 4 aromatic rings. The average molecular weight is 593 g/mol. The van der Waals surface area contributed by atoms with Gasteiger partial charge in [-0.3, -0.25) is 4.90 Å². The number of aliphatic hydroxyl groups excluding tert-OH is 1. The molecule has 0 aliphatic carbocycles. The Hall–Kier alpha value is -3.63. The summed E-state index contributed by atoms with van der Waals surface area (Å²) >= 11 is 0. The number of nitrogens with zero attached hydrogens (tertiary/aromatic N) is 4. The SMILES string of the molecule is CC(C)O.CCc1c(F)ccc2cc(O)cc(-c3nc4c5c(nc(OCC67CCCN6CCC7)nc5c3F)OCCC4)c12. The fraction of sp³-hybridized carbons (Fsp3) is 0.485. The lowest BCUT2D eigenvalue weighted by Gasteiger charge is -2.31. The van der Waals surface area contributed by atoms with E-state index in [1.807, 2.05) is 6.92 Å². The number of hydrogen-bond acceptors (Lipinski definition) is 8. The maximum atomic E-state index is 16.5. The van der Waals surface area contributed by atoms with Crippen LogP contribution in [0.1, 0.15) is 64.1 Å². The molecular formula is C33H38F2N4O4. The number of hydrogen-bond donors (Lipinski definition) is 2. The van der Waals surface area contributed by atoms with Gasteiger partial charge in [-0.05, 0) is 106 Å². The molecule has 3 aliphatic heterocycles. The van der Waals surface area contributed by atoms with Gasteiger partial charge in [0, 0.05) is 11.7 Å². The van der Waals surface area contributed by atoms with E-state index in [0.717, 1.165) is 38.8 Å². The highest BCUT2D eigenvalue weighted by Gasteiger charge is 2.45. The van der Waals surface area contributed by atoms with Gasteiger partial charge in [0.25, 0.3) is 0 Å². The first kappa shape index (κ1) is 29.4. The van der Waals surface area contributed by atoms with Crippen molar-refractivity contribution in [3.8, 4) is 28.9 Å². The first-order valence-electron chi connectivity index (χ1n) is 15.2. The number of aliphatic hydroxyl groups is 1. The van der Waals surface area contributed by atoms with E-state index in [1.54, 1.807) is 26.0 Å². The largest absolute Gasteiger partial charge is 0.508 e. The lowest BCUT2D eigenvalue weighted by Crippen LogP contribution is -2.43. The number of pyridine rings is 1. The second kappa shape index (κ2) is 11.8. The van der Waals surface area contributed by atoms with Crippen LogP contribution in [-0.4, -0.2) is 68.0 Å². The van der Waals surface area contributed by atoms with Crippen LogP contribution in [0.15, 0.2) is 24.3 Å². The van der Waals surface area contributed by atoms with Crippen LogP contribution in [-0.2, 0) is 12.8 Å². The summed E-state index contributed by atoms with van der Waals surface area (Å²) in [4.78, 5) is 16.3. The van der Waals surface area contributed by atoms with E-state index in [1.165, 1.54) is 12.1 Å². The van der Waals surface area contributed by atoms with Crippen LogP contribution < -0.4 is 9.47 Å². The lowest BCUT2D eigenvalue weighted by molar-refractivity contribution is 0.107. The van der Waals surface area contributed by atoms with Crippen molar-refractivity contribution in [2.24, 2.45) is 0 Å². The van der Waals surface area contributed by atoms with Crippen molar-refractivity contribution in [2.75, 3.05) is 26.3 Å². The monoisotopic (exact) mass is 592 g/mol. The molecule has 10 heteroatoms. The predicted octanol–water partition coefficient (Wildman–Crippen LogP) is 6.11. The number of benzene rings is 2. The van der Waals surface area contributed by atoms with Crippen molar-refractivity contribution < 1.29 is 28.5 Å². The molecule has 2 aromatic heterocycles. The number of phenols is 1. The van der Waals surface area contributed by atoms with E-state index in [2.05, 4.69) is 14.9 Å². The predicted molar refractivity (Wildman–Crippen MR) is 161 cm³/mol. The highest BCUT2D eigenvalue weighted by molar-refractivity contribution is 6.01. The van der Waals surface area contributed by atoms with Gasteiger partial charge in [-0.25, -0.2) is 13.8 Å². The topological polar surface area (TPSA) is 101 Å². The number of aryl methyl sites for hydroxylation is 2. The van der Waals surface area contributed by atoms with Crippen molar-refractivity contribution in [1.82, 2.24) is 19.9 Å². The van der Waals surface area contributed by atoms with Gasteiger partial charge < -0.3 is 19.7 Å². The highest BCUT2D eigenvalue weighted by atomic mass is 19.1. The second-order valence-corrected chi connectivity index (χ2v) is 12.0. The zero-order valence-corrected chi connectivity index (χ0v) is 24.9. The molecule has 8 nitrogen and oxygen atoms in total. The number of ether oxygens (including phenoxy) is 2. The molecule has 0 unspecified atom stereocenters. The Bertz CT molecular complexity index is 1670. The number of fused-ring (bicyclic) bond motifs is 2. The third-order valence-corrected chi connectivity index (χ3v) is 8.65. The summed E-state index contributed by atoms with van der Waals surface area (Å²) in [6, 6.07) is 6.05. The summed E-state index contributed by atoms with van der Waals surface area (Å²) in [6.45, 7) is 8.29. The number of aromatic nitrogens is 3. The van der Waals surface area contributed by atoms with Crippen LogP contribution in [0.25, 0.3) is 32.9 Å². The second-order valence-electron chi connectivity index (χ2n) is 12.0. The van der Waals surface area contributed by atoms with Crippen LogP contribution in [0.2, 0.25) is 0 Å². The smallest absolute Gasteiger partial charge is 0.320 e. The van der Waals surface area contributed by atoms with Crippen molar-refractivity contribution in [2.45, 2.75) is 77.4 Å². The summed E-state index contributed by atoms with van der Waals surface area (Å²) in [6.07, 6.45) is 5.87. The molecule has 2 N–H and O–H groups in total. The molecule has 5 heterocycles. The van der Waals surface area contributed by atoms with Gasteiger partial charge in [-0.2, -0.15) is 9.97 Å². The third kappa shape index (κ3) is 5.47. The molecular weight excluding hydrogens is 554 g/mol. The van der Waals surface area contributed by atoms with E-state index in [-0.39, 0.29) is 46.3 Å². The van der Waals surface area contributed by atoms with Crippen molar-refractivity contribution >= 4 is 21.7 Å². The van der Waals surface area contributed by atoms with Crippen LogP contribution in [0, 0.1) is 11.6 Å². The van der Waals surface area contributed by atoms with E-state index < -0.39 is 5.82 Å². The molecule has 0 radical (unpaired) electrons. The van der Waals surface area contributed by atoms with Gasteiger partial charge >= 0.3 is 6.01 Å². The minimum atomic E-state index is -0.674. The summed E-state index contributed by atoms with van der Waals surface area (Å²) in [5, 5.41) is 20.2. The normalized spacial score (nSPS) is 17.5. The Balaban J connectivity index is 0.000000777. The Morgan fingerprint density at radius 2 is 1.79 bits per heavy atom. The number of halogens is 2. The molecule has 228 valence electrons. The van der Waals surface area contributed by atoms with E-state index >= 15 is 4.39 Å². The average Bonchev–Trinajstić information content (AvgIpc) is 3.48. The fourth-order valence-corrected chi connectivity index (χ4v) is 6.82. The molecule has 0 amide bonds. The quantitative estimate of drug-likeness (QED) is 0.286. The van der Waals surface area contributed by atoms with Crippen molar-refractivity contribution in [3.63, 3.8) is 0 Å². The Morgan fingerprint density at radius 3 is 2.51 bits per heavy atom. The molecule has 0 spiro atoms. The Labute approximate surface area is 249 Å². The van der Waals surface area contributed by atoms with E-state index in [0.29, 0.717) is 65.5 Å². The van der Waals surface area contributed by atoms with E-state index in [4.69, 9.17) is 19.6 Å². The molecule has 3 aliphatic rings. The van der Waals surface area contributed by atoms with Gasteiger partial charge in [-0.15, -0.1) is 0 Å². The summed E-state index contributed by atoms with van der Waals surface area (Å²) < 4.78 is 43.4. The molecule has 0 atom stereocenters. The molecule has 43 heavy (non-hydrogen) atoms. The first-order chi connectivity index (χ1) is 20.7. The highest BCUT2D eigenvalue weighted by Crippen LogP contribution is 2.42. The van der Waals surface area contributed by atoms with Gasteiger partial charge in [0.2, 0.25) is 5.88 Å². The van der Waals surface area contributed by atoms with Crippen LogP contribution in [0.3, 0.4) is 0 Å². The Kier molecular flexibility index (Phi) is 8.08. The number of rotatable bonds is 5. The molecule has 0 saturated carbocycles. The van der Waals surface area contributed by atoms with Gasteiger partial charge in [0.1, 0.15) is 29.4 Å². The Morgan fingerprint density at radius 1 is 1.05 bits per heavy atom. The van der Waals surface area contributed by atoms with Gasteiger partial charge in [0.15, 0.2) is 5.82 Å².